The zero-order valence-corrected chi connectivity index (χ0v) is 69.4. The van der Waals surface area contributed by atoms with E-state index in [1.807, 2.05) is 118 Å². The zero-order valence-electron chi connectivity index (χ0n) is 63.1. The minimum atomic E-state index is -0.919. The number of ether oxygens (including phenoxy) is 3. The molecule has 22 heteroatoms. The number of carbonyl (C=O) groups is 1. The van der Waals surface area contributed by atoms with E-state index in [0.717, 1.165) is 107 Å². The lowest BCUT2D eigenvalue weighted by Crippen LogP contribution is -2.41. The van der Waals surface area contributed by atoms with Crippen molar-refractivity contribution in [2.75, 3.05) is 48.4 Å². The summed E-state index contributed by atoms with van der Waals surface area (Å²) in [6.45, 7) is 42.9. The first-order valence-corrected chi connectivity index (χ1v) is 37.6. The number of hydrogen-bond acceptors (Lipinski definition) is 13. The molecule has 0 aliphatic carbocycles. The molecule has 13 rings (SSSR count). The van der Waals surface area contributed by atoms with Crippen molar-refractivity contribution in [1.82, 2.24) is 15.0 Å². The summed E-state index contributed by atoms with van der Waals surface area (Å²) in [4.78, 5) is 24.7. The molecule has 0 atom stereocenters. The third-order valence-electron chi connectivity index (χ3n) is 18.5. The topological polar surface area (TPSA) is 206 Å². The Hall–Kier alpha value is -7.56. The smallest absolute Gasteiger partial charge is 0.496 e. The number of alkyl halides is 2. The summed E-state index contributed by atoms with van der Waals surface area (Å²) in [6, 6.07) is 35.8. The van der Waals surface area contributed by atoms with Crippen LogP contribution in [0.25, 0.3) is 22.3 Å². The van der Waals surface area contributed by atoms with Gasteiger partial charge in [0.15, 0.2) is 0 Å². The van der Waals surface area contributed by atoms with E-state index >= 15 is 0 Å². The van der Waals surface area contributed by atoms with E-state index < -0.39 is 23.1 Å². The van der Waals surface area contributed by atoms with E-state index in [2.05, 4.69) is 160 Å². The lowest BCUT2D eigenvalue weighted by Gasteiger charge is -2.32. The molecule has 105 heavy (non-hydrogen) atoms. The van der Waals surface area contributed by atoms with Crippen molar-refractivity contribution in [3.63, 3.8) is 0 Å². The standard InChI is InChI=1S/C23H20F2N2O2.C16H18N2O.C11H17BN2O2.C11H14BrClO.C11H13BrO.C7H7BrO.C4H7Cl/c1-13-9-19-16(23(2,3)12-29-19)10-15(13)14-7-8-20(26-11-14)27-22(28)21-17(24)5-4-6-18(21)25;1-10-6-14-13(16(2,3)9-19-14)7-12(10)11-4-5-15(17)18-8-11;1-10(2)11(3,4)16-12(15-10)8-5-6-9(13)14-7-8;1-7-4-10(14)8(5-9(7)12)11(2,3)6-13;1-7-4-10-8(5-9(7)12)11(2,3)6-13-10;1-5-4-6(9)2-3-7(5)8;1-4(2)3-5/h4-11H,12H2,1-3H3,(H,26,27,28);4-8H,9H2,1-3H3,(H2,17,18);5-7H,1-4H3,(H2,13,14);4-5,14H,6H2,1-3H3;4-5H,6H2,1-3H3;2-4,9H,1H3;1,3H2,2H3. The maximum Gasteiger partial charge on any atom is 0.496 e. The summed E-state index contributed by atoms with van der Waals surface area (Å²) < 4.78 is 59.7. The van der Waals surface area contributed by atoms with Gasteiger partial charge in [0.25, 0.3) is 5.91 Å². The molecule has 0 spiro atoms. The van der Waals surface area contributed by atoms with Gasteiger partial charge in [0, 0.05) is 104 Å². The molecule has 6 aromatic carbocycles. The van der Waals surface area contributed by atoms with Crippen LogP contribution in [0.3, 0.4) is 0 Å². The minimum absolute atomic E-state index is 0.0665. The predicted molar refractivity (Wildman–Crippen MR) is 437 cm³/mol. The largest absolute Gasteiger partial charge is 0.508 e. The van der Waals surface area contributed by atoms with Crippen LogP contribution in [-0.4, -0.2) is 81.0 Å². The number of fused-ring (bicyclic) bond motifs is 3. The Bertz CT molecular complexity index is 4550. The van der Waals surface area contributed by atoms with Crippen LogP contribution in [0.2, 0.25) is 0 Å². The number of rotatable bonds is 8. The number of hydrogen-bond donors (Lipinski definition) is 5. The highest BCUT2D eigenvalue weighted by atomic mass is 79.9. The molecule has 558 valence electrons. The minimum Gasteiger partial charge on any atom is -0.508 e. The van der Waals surface area contributed by atoms with Gasteiger partial charge >= 0.3 is 7.12 Å². The van der Waals surface area contributed by atoms with Crippen molar-refractivity contribution in [2.45, 2.75) is 157 Å². The van der Waals surface area contributed by atoms with Crippen LogP contribution < -0.4 is 36.5 Å². The van der Waals surface area contributed by atoms with Crippen LogP contribution in [0, 0.1) is 46.3 Å². The van der Waals surface area contributed by atoms with E-state index in [0.29, 0.717) is 41.5 Å². The average molecular weight is 1670 g/mol. The number of carbonyl (C=O) groups excluding carboxylic acids is 1. The molecule has 7 N–H and O–H groups in total. The van der Waals surface area contributed by atoms with Gasteiger partial charge in [0.1, 0.15) is 63.4 Å². The van der Waals surface area contributed by atoms with Gasteiger partial charge in [-0.3, -0.25) is 4.79 Å². The van der Waals surface area contributed by atoms with E-state index in [-0.39, 0.29) is 45.8 Å². The summed E-state index contributed by atoms with van der Waals surface area (Å²) in [7, 11) is -0.363. The Morgan fingerprint density at radius 2 is 1.01 bits per heavy atom. The van der Waals surface area contributed by atoms with Crippen LogP contribution >= 0.6 is 71.0 Å². The Morgan fingerprint density at radius 1 is 0.581 bits per heavy atom. The predicted octanol–water partition coefficient (Wildman–Crippen LogP) is 21.2. The lowest BCUT2D eigenvalue weighted by molar-refractivity contribution is 0.00578. The number of nitrogens with two attached hydrogens (primary N) is 2. The van der Waals surface area contributed by atoms with Gasteiger partial charge in [-0.2, -0.15) is 0 Å². The van der Waals surface area contributed by atoms with Crippen molar-refractivity contribution in [1.29, 1.82) is 0 Å². The summed E-state index contributed by atoms with van der Waals surface area (Å²) in [5.74, 6) is 3.20. The maximum absolute atomic E-state index is 13.8. The second kappa shape index (κ2) is 35.0. The second-order valence-corrected chi connectivity index (χ2v) is 33.3. The number of nitrogens with zero attached hydrogens (tertiary/aromatic N) is 3. The summed E-state index contributed by atoms with van der Waals surface area (Å²) in [5, 5.41) is 21.2. The van der Waals surface area contributed by atoms with E-state index in [1.54, 1.807) is 42.7 Å². The van der Waals surface area contributed by atoms with Crippen LogP contribution in [0.1, 0.15) is 150 Å². The monoisotopic (exact) mass is 1660 g/mol. The average Bonchev–Trinajstić information content (AvgIpc) is 1.66. The van der Waals surface area contributed by atoms with Crippen molar-refractivity contribution in [2.24, 2.45) is 0 Å². The maximum atomic E-state index is 13.8. The highest BCUT2D eigenvalue weighted by Gasteiger charge is 2.52. The number of allylic oxidation sites excluding steroid dienone is 1. The molecule has 9 aromatic rings. The fourth-order valence-electron chi connectivity index (χ4n) is 11.1. The molecule has 4 aliphatic heterocycles. The number of pyridine rings is 3. The first kappa shape index (κ1) is 84.7. The fourth-order valence-corrected chi connectivity index (χ4v) is 12.2. The Labute approximate surface area is 654 Å². The number of phenols is 2. The molecular weight excluding hydrogens is 1570 g/mol. The Balaban J connectivity index is 0.000000180. The SMILES string of the molecule is C=C(C)CCl.CC1(C)OB(c2ccc(N)nc2)OC1(C)C.Cc1cc(O)c(C(C)(C)CCl)cc1Br.Cc1cc(O)ccc1Br.Cc1cc2c(cc1-c1ccc(N)nc1)C(C)(C)CO2.Cc1cc2c(cc1-c1ccc(NC(=O)c3c(F)cccc3F)nc1)C(C)(C)CO2.Cc1cc2c(cc1Br)C(C)(C)CO2. The van der Waals surface area contributed by atoms with Gasteiger partial charge in [-0.05, 0) is 217 Å². The molecule has 4 aliphatic rings. The van der Waals surface area contributed by atoms with Crippen molar-refractivity contribution in [3.05, 3.63) is 233 Å². The molecular formula is C83H96BBr3Cl2F2N6O8. The molecule has 3 aromatic heterocycles. The van der Waals surface area contributed by atoms with E-state index in [4.69, 9.17) is 63.3 Å². The van der Waals surface area contributed by atoms with E-state index in [1.165, 1.54) is 38.4 Å². The zero-order chi connectivity index (χ0) is 78.1. The molecule has 0 bridgehead atoms. The Morgan fingerprint density at radius 3 is 1.43 bits per heavy atom. The normalized spacial score (nSPS) is 15.2. The van der Waals surface area contributed by atoms with Gasteiger partial charge in [-0.1, -0.05) is 127 Å². The molecule has 1 amide bonds. The number of amides is 1. The summed E-state index contributed by atoms with van der Waals surface area (Å²) >= 11 is 21.4. The second-order valence-electron chi connectivity index (χ2n) is 30.2. The highest BCUT2D eigenvalue weighted by Crippen LogP contribution is 2.45. The van der Waals surface area contributed by atoms with Gasteiger partial charge in [0.05, 0.1) is 31.0 Å². The number of aromatic nitrogens is 3. The van der Waals surface area contributed by atoms with Gasteiger partial charge < -0.3 is 50.5 Å². The number of nitrogen functional groups attached to an aromatic ring is 2. The third kappa shape index (κ3) is 21.6. The molecule has 0 unspecified atom stereocenters. The Kier molecular flexibility index (Phi) is 28.2. The number of phenolic OH excluding ortho intramolecular Hbond substituents is 2. The van der Waals surface area contributed by atoms with Crippen LogP contribution in [0.4, 0.5) is 26.2 Å². The first-order chi connectivity index (χ1) is 48.9. The number of aryl methyl sites for hydroxylation is 5. The third-order valence-corrected chi connectivity index (χ3v) is 22.2. The highest BCUT2D eigenvalue weighted by molar-refractivity contribution is 9.11. The van der Waals surface area contributed by atoms with Gasteiger partial charge in [-0.15, -0.1) is 23.2 Å². The summed E-state index contributed by atoms with van der Waals surface area (Å²) in [6.07, 6.45) is 5.15. The number of aromatic hydroxyl groups is 2. The van der Waals surface area contributed by atoms with Gasteiger partial charge in [0.2, 0.25) is 0 Å². The van der Waals surface area contributed by atoms with Crippen LogP contribution in [-0.2, 0) is 31.0 Å². The number of anilines is 3. The number of nitrogens with one attached hydrogen (secondary N) is 1. The molecule has 14 nitrogen and oxygen atoms in total. The number of halogens is 7. The molecule has 0 saturated carbocycles. The summed E-state index contributed by atoms with van der Waals surface area (Å²) in [5.41, 5.74) is 26.1. The fraction of sp³-hybridized carbons (Fsp3) is 0.349. The molecule has 0 radical (unpaired) electrons. The quantitative estimate of drug-likeness (QED) is 0.0546. The van der Waals surface area contributed by atoms with Crippen molar-refractivity contribution in [3.8, 4) is 51.0 Å². The molecule has 7 heterocycles. The van der Waals surface area contributed by atoms with Crippen molar-refractivity contribution < 1.29 is 47.3 Å². The number of benzene rings is 6. The molecule has 1 fully saturated rings. The van der Waals surface area contributed by atoms with Crippen molar-refractivity contribution >= 4 is 107 Å². The first-order valence-electron chi connectivity index (χ1n) is 34.1. The van der Waals surface area contributed by atoms with Crippen LogP contribution in [0.5, 0.6) is 28.7 Å². The lowest BCUT2D eigenvalue weighted by atomic mass is 9.80. The molecule has 1 saturated heterocycles. The van der Waals surface area contributed by atoms with Crippen LogP contribution in [0.15, 0.2) is 165 Å². The van der Waals surface area contributed by atoms with Gasteiger partial charge in [-0.25, -0.2) is 23.7 Å². The van der Waals surface area contributed by atoms with E-state index in [9.17, 15) is 18.7 Å².